The number of rotatable bonds is 5. The van der Waals surface area contributed by atoms with E-state index in [4.69, 9.17) is 9.97 Å². The lowest BCUT2D eigenvalue weighted by Gasteiger charge is -2.30. The Morgan fingerprint density at radius 2 is 1.43 bits per heavy atom. The average molecular weight is 530 g/mol. The maximum Gasteiger partial charge on any atom is 0.416 e. The van der Waals surface area contributed by atoms with Crippen LogP contribution in [0, 0.1) is 0 Å². The van der Waals surface area contributed by atoms with Crippen LogP contribution in [0.25, 0.3) is 0 Å². The highest BCUT2D eigenvalue weighted by Crippen LogP contribution is 2.36. The molecule has 2 N–H and O–H groups in total. The zero-order valence-electron chi connectivity index (χ0n) is 20.6. The molecule has 1 aromatic carbocycles. The van der Waals surface area contributed by atoms with Gasteiger partial charge in [0.05, 0.1) is 16.8 Å². The van der Waals surface area contributed by atoms with E-state index in [1.54, 1.807) is 0 Å². The number of aryl methyl sites for hydroxylation is 1. The fourth-order valence-electron chi connectivity index (χ4n) is 4.93. The van der Waals surface area contributed by atoms with Crippen LogP contribution < -0.4 is 15.5 Å². The molecule has 0 radical (unpaired) electrons. The molecule has 2 aromatic rings. The van der Waals surface area contributed by atoms with Gasteiger partial charge in [-0.1, -0.05) is 0 Å². The maximum absolute atomic E-state index is 13.1. The largest absolute Gasteiger partial charge is 0.416 e. The van der Waals surface area contributed by atoms with E-state index >= 15 is 0 Å². The van der Waals surface area contributed by atoms with E-state index in [0.717, 1.165) is 37.2 Å². The molecule has 1 aromatic heterocycles. The first-order valence-electron chi connectivity index (χ1n) is 12.2. The normalized spacial score (nSPS) is 20.2. The molecule has 1 amide bonds. The monoisotopic (exact) mass is 529 g/mol. The molecule has 0 atom stereocenters. The third-order valence-corrected chi connectivity index (χ3v) is 6.83. The third-order valence-electron chi connectivity index (χ3n) is 6.83. The van der Waals surface area contributed by atoms with Gasteiger partial charge in [-0.3, -0.25) is 4.79 Å². The number of carbonyl (C=O) groups is 1. The molecule has 1 heterocycles. The minimum atomic E-state index is -5.01. The van der Waals surface area contributed by atoms with Crippen LogP contribution in [0.3, 0.4) is 0 Å². The van der Waals surface area contributed by atoms with Crippen molar-refractivity contribution in [2.75, 3.05) is 24.3 Å². The topological polar surface area (TPSA) is 70.2 Å². The molecule has 202 valence electrons. The highest BCUT2D eigenvalue weighted by molar-refractivity contribution is 5.94. The predicted octanol–water partition coefficient (Wildman–Crippen LogP) is 5.61. The lowest BCUT2D eigenvalue weighted by atomic mass is 9.91. The fourth-order valence-corrected chi connectivity index (χ4v) is 4.93. The van der Waals surface area contributed by atoms with Crippen LogP contribution in [-0.4, -0.2) is 42.1 Å². The van der Waals surface area contributed by atoms with Gasteiger partial charge in [-0.25, -0.2) is 4.98 Å². The Bertz CT molecular complexity index is 1110. The lowest BCUT2D eigenvalue weighted by molar-refractivity contribution is -0.143. The first-order valence-corrected chi connectivity index (χ1v) is 12.2. The van der Waals surface area contributed by atoms with Gasteiger partial charge < -0.3 is 15.5 Å². The standard InChI is InChI=1S/C25H29F6N5O/c1-36(2)21-19-5-3-4-6-20(19)34-23(35-21)33-18-9-7-17(8-10-18)32-22(37)14-11-15(24(26,27)28)13-16(12-14)25(29,30)31/h11-13,17-18H,3-10H2,1-2H3,(H,32,37)(H,33,34,35). The molecule has 0 aliphatic heterocycles. The molecule has 4 rings (SSSR count). The Morgan fingerprint density at radius 1 is 0.865 bits per heavy atom. The highest BCUT2D eigenvalue weighted by atomic mass is 19.4. The van der Waals surface area contributed by atoms with Crippen LogP contribution in [-0.2, 0) is 25.2 Å². The van der Waals surface area contributed by atoms with Gasteiger partial charge in [0.15, 0.2) is 0 Å². The van der Waals surface area contributed by atoms with E-state index in [2.05, 4.69) is 10.6 Å². The van der Waals surface area contributed by atoms with E-state index in [1.807, 2.05) is 19.0 Å². The summed E-state index contributed by atoms with van der Waals surface area (Å²) >= 11 is 0. The molecular formula is C25H29F6N5O. The Morgan fingerprint density at radius 3 is 2.00 bits per heavy atom. The number of alkyl halides is 6. The number of fused-ring (bicyclic) bond motifs is 1. The summed E-state index contributed by atoms with van der Waals surface area (Å²) in [5.74, 6) is 0.481. The van der Waals surface area contributed by atoms with Gasteiger partial charge in [-0.05, 0) is 69.6 Å². The van der Waals surface area contributed by atoms with Crippen LogP contribution >= 0.6 is 0 Å². The van der Waals surface area contributed by atoms with Crippen molar-refractivity contribution in [1.29, 1.82) is 0 Å². The van der Waals surface area contributed by atoms with Gasteiger partial charge >= 0.3 is 12.4 Å². The molecule has 2 aliphatic carbocycles. The number of carbonyl (C=O) groups excluding carboxylic acids is 1. The molecule has 6 nitrogen and oxygen atoms in total. The molecule has 12 heteroatoms. The summed E-state index contributed by atoms with van der Waals surface area (Å²) in [6.45, 7) is 0. The van der Waals surface area contributed by atoms with Crippen molar-refractivity contribution in [3.63, 3.8) is 0 Å². The van der Waals surface area contributed by atoms with Crippen molar-refractivity contribution in [3.8, 4) is 0 Å². The first kappa shape index (κ1) is 27.0. The highest BCUT2D eigenvalue weighted by Gasteiger charge is 2.37. The van der Waals surface area contributed by atoms with E-state index in [1.165, 1.54) is 5.56 Å². The molecule has 0 saturated heterocycles. The summed E-state index contributed by atoms with van der Waals surface area (Å²) in [4.78, 5) is 24.0. The predicted molar refractivity (Wildman–Crippen MR) is 127 cm³/mol. The number of aromatic nitrogens is 2. The van der Waals surface area contributed by atoms with Gasteiger partial charge in [0, 0.05) is 37.3 Å². The zero-order chi connectivity index (χ0) is 27.0. The van der Waals surface area contributed by atoms with E-state index < -0.39 is 35.0 Å². The summed E-state index contributed by atoms with van der Waals surface area (Å²) in [6.07, 6.45) is -3.67. The summed E-state index contributed by atoms with van der Waals surface area (Å²) in [6, 6.07) is 0.588. The van der Waals surface area contributed by atoms with Crippen molar-refractivity contribution in [1.82, 2.24) is 15.3 Å². The number of benzene rings is 1. The Labute approximate surface area is 210 Å². The van der Waals surface area contributed by atoms with Crippen molar-refractivity contribution >= 4 is 17.7 Å². The second kappa shape index (κ2) is 10.4. The number of amides is 1. The van der Waals surface area contributed by atoms with Crippen LogP contribution in [0.15, 0.2) is 18.2 Å². The van der Waals surface area contributed by atoms with E-state index in [-0.39, 0.29) is 18.2 Å². The SMILES string of the molecule is CN(C)c1nc(NC2CCC(NC(=O)c3cc(C(F)(F)F)cc(C(F)(F)F)c3)CC2)nc2c1CCCC2. The van der Waals surface area contributed by atoms with E-state index in [0.29, 0.717) is 43.8 Å². The second-order valence-corrected chi connectivity index (χ2v) is 9.86. The van der Waals surface area contributed by atoms with Crippen LogP contribution in [0.5, 0.6) is 0 Å². The van der Waals surface area contributed by atoms with Crippen LogP contribution in [0.2, 0.25) is 0 Å². The quantitative estimate of drug-likeness (QED) is 0.493. The average Bonchev–Trinajstić information content (AvgIpc) is 2.83. The summed E-state index contributed by atoms with van der Waals surface area (Å²) in [7, 11) is 3.88. The minimum absolute atomic E-state index is 0.0121. The molecule has 0 bridgehead atoms. The smallest absolute Gasteiger partial charge is 0.362 e. The molecule has 37 heavy (non-hydrogen) atoms. The fraction of sp³-hybridized carbons (Fsp3) is 0.560. The number of nitrogens with one attached hydrogen (secondary N) is 2. The summed E-state index contributed by atoms with van der Waals surface area (Å²) < 4.78 is 78.7. The molecule has 1 saturated carbocycles. The second-order valence-electron chi connectivity index (χ2n) is 9.86. The van der Waals surface area contributed by atoms with Gasteiger partial charge in [0.2, 0.25) is 5.95 Å². The lowest BCUT2D eigenvalue weighted by Crippen LogP contribution is -2.40. The number of nitrogens with zero attached hydrogens (tertiary/aromatic N) is 3. The molecular weight excluding hydrogens is 500 g/mol. The molecule has 0 unspecified atom stereocenters. The van der Waals surface area contributed by atoms with Crippen molar-refractivity contribution in [2.24, 2.45) is 0 Å². The van der Waals surface area contributed by atoms with Gasteiger partial charge in [-0.15, -0.1) is 0 Å². The van der Waals surface area contributed by atoms with Crippen LogP contribution in [0.4, 0.5) is 38.1 Å². The Hall–Kier alpha value is -3.05. The Kier molecular flexibility index (Phi) is 7.57. The number of hydrogen-bond acceptors (Lipinski definition) is 5. The molecule has 1 fully saturated rings. The zero-order valence-corrected chi connectivity index (χ0v) is 20.6. The third kappa shape index (κ3) is 6.45. The first-order chi connectivity index (χ1) is 17.3. The maximum atomic E-state index is 13.1. The van der Waals surface area contributed by atoms with Crippen molar-refractivity contribution < 1.29 is 31.1 Å². The minimum Gasteiger partial charge on any atom is -0.362 e. The number of anilines is 2. The molecule has 2 aliphatic rings. The van der Waals surface area contributed by atoms with Crippen LogP contribution in [0.1, 0.15) is 71.3 Å². The van der Waals surface area contributed by atoms with Crippen molar-refractivity contribution in [2.45, 2.75) is 75.8 Å². The summed E-state index contributed by atoms with van der Waals surface area (Å²) in [5, 5.41) is 5.97. The van der Waals surface area contributed by atoms with Gasteiger partial charge in [0.25, 0.3) is 5.91 Å². The summed E-state index contributed by atoms with van der Waals surface area (Å²) in [5.41, 5.74) is -1.46. The van der Waals surface area contributed by atoms with E-state index in [9.17, 15) is 31.1 Å². The molecule has 0 spiro atoms. The van der Waals surface area contributed by atoms with Crippen molar-refractivity contribution in [3.05, 3.63) is 46.1 Å². The Balaban J connectivity index is 1.40. The number of hydrogen-bond donors (Lipinski definition) is 2. The van der Waals surface area contributed by atoms with Gasteiger partial charge in [-0.2, -0.15) is 31.3 Å². The number of halogens is 6. The van der Waals surface area contributed by atoms with Gasteiger partial charge in [0.1, 0.15) is 5.82 Å².